The van der Waals surface area contributed by atoms with E-state index in [1.807, 2.05) is 0 Å². The van der Waals surface area contributed by atoms with Crippen molar-refractivity contribution in [3.05, 3.63) is 53.4 Å². The fourth-order valence-corrected chi connectivity index (χ4v) is 3.77. The van der Waals surface area contributed by atoms with Crippen molar-refractivity contribution in [2.75, 3.05) is 0 Å². The highest BCUT2D eigenvalue weighted by molar-refractivity contribution is 9.13. The molecule has 3 rings (SSSR count). The van der Waals surface area contributed by atoms with Crippen molar-refractivity contribution in [3.63, 3.8) is 0 Å². The molecule has 0 fully saturated rings. The number of H-pyrrole nitrogens is 2. The topological polar surface area (TPSA) is 65.7 Å². The van der Waals surface area contributed by atoms with Gasteiger partial charge in [0.1, 0.15) is 0 Å². The summed E-state index contributed by atoms with van der Waals surface area (Å²) in [6.07, 6.45) is 0. The van der Waals surface area contributed by atoms with Crippen LogP contribution in [0.5, 0.6) is 0 Å². The molecule has 19 heavy (non-hydrogen) atoms. The van der Waals surface area contributed by atoms with Crippen LogP contribution >= 0.6 is 43.2 Å². The highest BCUT2D eigenvalue weighted by atomic mass is 79.9. The molecule has 0 aliphatic rings. The van der Waals surface area contributed by atoms with Crippen LogP contribution in [0.4, 0.5) is 0 Å². The number of ketones is 1. The number of thiophene rings is 1. The first-order valence-electron chi connectivity index (χ1n) is 5.26. The van der Waals surface area contributed by atoms with E-state index in [-0.39, 0.29) is 11.5 Å². The molecule has 4 nitrogen and oxygen atoms in total. The largest absolute Gasteiger partial charge is 0.323 e. The Labute approximate surface area is 128 Å². The lowest BCUT2D eigenvalue weighted by Crippen LogP contribution is -1.99. The van der Waals surface area contributed by atoms with Crippen LogP contribution in [0.3, 0.4) is 0 Å². The van der Waals surface area contributed by atoms with Crippen molar-refractivity contribution in [1.82, 2.24) is 9.97 Å². The maximum absolute atomic E-state index is 12.3. The van der Waals surface area contributed by atoms with Crippen molar-refractivity contribution in [2.24, 2.45) is 0 Å². The summed E-state index contributed by atoms with van der Waals surface area (Å²) in [5, 5.41) is 0. The van der Waals surface area contributed by atoms with Gasteiger partial charge in [-0.25, -0.2) is 4.79 Å². The highest BCUT2D eigenvalue weighted by Crippen LogP contribution is 2.33. The monoisotopic (exact) mass is 400 g/mol. The molecular formula is C12H6Br2N2O2S. The number of imidazole rings is 1. The van der Waals surface area contributed by atoms with E-state index >= 15 is 0 Å². The van der Waals surface area contributed by atoms with Crippen molar-refractivity contribution in [3.8, 4) is 0 Å². The normalized spacial score (nSPS) is 11.1. The second-order valence-electron chi connectivity index (χ2n) is 3.90. The number of rotatable bonds is 2. The molecule has 0 radical (unpaired) electrons. The summed E-state index contributed by atoms with van der Waals surface area (Å²) in [5.41, 5.74) is 1.59. The maximum atomic E-state index is 12.3. The minimum Gasteiger partial charge on any atom is -0.306 e. The molecule has 0 aliphatic carbocycles. The van der Waals surface area contributed by atoms with Gasteiger partial charge in [0.2, 0.25) is 5.78 Å². The SMILES string of the molecule is O=C(c1ccc2[nH]c(=O)[nH]c2c1)c1cc(Br)c(Br)s1. The maximum Gasteiger partial charge on any atom is 0.323 e. The van der Waals surface area contributed by atoms with Gasteiger partial charge in [-0.15, -0.1) is 11.3 Å². The molecule has 2 N–H and O–H groups in total. The summed E-state index contributed by atoms with van der Waals surface area (Å²) >= 11 is 8.09. The molecule has 0 atom stereocenters. The zero-order chi connectivity index (χ0) is 13.6. The molecule has 0 aliphatic heterocycles. The fourth-order valence-electron chi connectivity index (χ4n) is 1.77. The Hall–Kier alpha value is -1.18. The predicted molar refractivity (Wildman–Crippen MR) is 82.1 cm³/mol. The van der Waals surface area contributed by atoms with Gasteiger partial charge >= 0.3 is 5.69 Å². The third kappa shape index (κ3) is 2.33. The van der Waals surface area contributed by atoms with Crippen LogP contribution in [0.25, 0.3) is 11.0 Å². The first-order valence-corrected chi connectivity index (χ1v) is 7.66. The lowest BCUT2D eigenvalue weighted by Gasteiger charge is -1.98. The van der Waals surface area contributed by atoms with Crippen LogP contribution < -0.4 is 5.69 Å². The van der Waals surface area contributed by atoms with Gasteiger partial charge < -0.3 is 9.97 Å². The molecule has 2 aromatic heterocycles. The smallest absolute Gasteiger partial charge is 0.306 e. The zero-order valence-corrected chi connectivity index (χ0v) is 13.3. The number of hydrogen-bond donors (Lipinski definition) is 2. The fraction of sp³-hybridized carbons (Fsp3) is 0. The Bertz CT molecular complexity index is 827. The molecule has 0 saturated carbocycles. The zero-order valence-electron chi connectivity index (χ0n) is 9.29. The molecule has 96 valence electrons. The predicted octanol–water partition coefficient (Wildman–Crippen LogP) is 3.67. The average molecular weight is 402 g/mol. The van der Waals surface area contributed by atoms with Crippen LogP contribution in [0, 0.1) is 0 Å². The molecule has 0 saturated heterocycles. The van der Waals surface area contributed by atoms with E-state index in [9.17, 15) is 9.59 Å². The molecule has 0 amide bonds. The molecule has 1 aromatic carbocycles. The van der Waals surface area contributed by atoms with E-state index in [2.05, 4.69) is 41.8 Å². The van der Waals surface area contributed by atoms with Crippen molar-refractivity contribution >= 4 is 60.0 Å². The Morgan fingerprint density at radius 1 is 1.11 bits per heavy atom. The lowest BCUT2D eigenvalue weighted by molar-refractivity contribution is 0.104. The summed E-state index contributed by atoms with van der Waals surface area (Å²) in [4.78, 5) is 29.4. The van der Waals surface area contributed by atoms with E-state index in [4.69, 9.17) is 0 Å². The van der Waals surface area contributed by atoms with Crippen LogP contribution in [0.1, 0.15) is 15.2 Å². The van der Waals surface area contributed by atoms with E-state index < -0.39 is 0 Å². The average Bonchev–Trinajstić information content (AvgIpc) is 2.90. The Kier molecular flexibility index (Phi) is 3.20. The van der Waals surface area contributed by atoms with Gasteiger partial charge in [0, 0.05) is 10.0 Å². The first kappa shape index (κ1) is 12.8. The van der Waals surface area contributed by atoms with Gasteiger partial charge in [0.05, 0.1) is 19.7 Å². The molecule has 3 aromatic rings. The van der Waals surface area contributed by atoms with Crippen molar-refractivity contribution in [2.45, 2.75) is 0 Å². The van der Waals surface area contributed by atoms with Crippen LogP contribution in [-0.4, -0.2) is 15.8 Å². The van der Waals surface area contributed by atoms with Gasteiger partial charge in [-0.05, 0) is 56.1 Å². The van der Waals surface area contributed by atoms with Crippen molar-refractivity contribution < 1.29 is 4.79 Å². The van der Waals surface area contributed by atoms with E-state index in [0.29, 0.717) is 21.5 Å². The van der Waals surface area contributed by atoms with Crippen LogP contribution in [0.15, 0.2) is 37.3 Å². The van der Waals surface area contributed by atoms with Gasteiger partial charge in [-0.2, -0.15) is 0 Å². The number of aromatic amines is 2. The number of carbonyl (C=O) groups is 1. The number of aromatic nitrogens is 2. The second kappa shape index (κ2) is 4.73. The molecule has 0 bridgehead atoms. The molecule has 0 unspecified atom stereocenters. The van der Waals surface area contributed by atoms with Crippen molar-refractivity contribution in [1.29, 1.82) is 0 Å². The number of nitrogens with one attached hydrogen (secondary N) is 2. The minimum absolute atomic E-state index is 0.0691. The summed E-state index contributed by atoms with van der Waals surface area (Å²) in [7, 11) is 0. The Morgan fingerprint density at radius 2 is 1.84 bits per heavy atom. The lowest BCUT2D eigenvalue weighted by atomic mass is 10.1. The summed E-state index contributed by atoms with van der Waals surface area (Å²) in [5.74, 6) is -0.0691. The molecule has 2 heterocycles. The Balaban J connectivity index is 2.08. The first-order chi connectivity index (χ1) is 9.04. The number of hydrogen-bond acceptors (Lipinski definition) is 3. The van der Waals surface area contributed by atoms with E-state index in [1.54, 1.807) is 24.3 Å². The number of halogens is 2. The number of benzene rings is 1. The van der Waals surface area contributed by atoms with Crippen LogP contribution in [0.2, 0.25) is 0 Å². The summed E-state index contributed by atoms with van der Waals surface area (Å²) in [6.45, 7) is 0. The highest BCUT2D eigenvalue weighted by Gasteiger charge is 2.15. The van der Waals surface area contributed by atoms with Crippen LogP contribution in [-0.2, 0) is 0 Å². The minimum atomic E-state index is -0.277. The second-order valence-corrected chi connectivity index (χ2v) is 7.13. The van der Waals surface area contributed by atoms with Gasteiger partial charge in [0.25, 0.3) is 0 Å². The quantitative estimate of drug-likeness (QED) is 0.643. The number of fused-ring (bicyclic) bond motifs is 1. The molecular weight excluding hydrogens is 396 g/mol. The summed E-state index contributed by atoms with van der Waals surface area (Å²) < 4.78 is 1.74. The standard InChI is InChI=1S/C12H6Br2N2O2S/c13-6-4-9(19-11(6)14)10(17)5-1-2-7-8(3-5)16-12(18)15-7/h1-4H,(H2,15,16,18). The molecule has 0 spiro atoms. The molecule has 7 heteroatoms. The van der Waals surface area contributed by atoms with E-state index in [1.165, 1.54) is 11.3 Å². The third-order valence-electron chi connectivity index (χ3n) is 2.65. The van der Waals surface area contributed by atoms with Gasteiger partial charge in [-0.1, -0.05) is 0 Å². The summed E-state index contributed by atoms with van der Waals surface area (Å²) in [6, 6.07) is 6.88. The third-order valence-corrected chi connectivity index (χ3v) is 5.90. The Morgan fingerprint density at radius 3 is 2.53 bits per heavy atom. The van der Waals surface area contributed by atoms with Gasteiger partial charge in [-0.3, -0.25) is 4.79 Å². The number of carbonyl (C=O) groups excluding carboxylic acids is 1. The van der Waals surface area contributed by atoms with Gasteiger partial charge in [0.15, 0.2) is 0 Å². The van der Waals surface area contributed by atoms with E-state index in [0.717, 1.165) is 8.26 Å².